The molecule has 2 fully saturated rings. The molecule has 3 unspecified atom stereocenters. The molecule has 0 bridgehead atoms. The molecular formula is C10H17N3O2. The minimum atomic E-state index is -0.0159. The molecule has 2 amide bonds. The normalized spacial score (nSPS) is 35.3. The number of rotatable bonds is 2. The highest BCUT2D eigenvalue weighted by Gasteiger charge is 2.32. The number of hydrogen-bond donors (Lipinski definition) is 3. The van der Waals surface area contributed by atoms with Gasteiger partial charge in [0.2, 0.25) is 11.8 Å². The lowest BCUT2D eigenvalue weighted by molar-refractivity contribution is -0.125. The van der Waals surface area contributed by atoms with Gasteiger partial charge in [0, 0.05) is 19.0 Å². The van der Waals surface area contributed by atoms with Gasteiger partial charge in [-0.15, -0.1) is 0 Å². The first-order valence-corrected chi connectivity index (χ1v) is 5.47. The van der Waals surface area contributed by atoms with Crippen molar-refractivity contribution in [2.75, 3.05) is 13.1 Å². The predicted octanol–water partition coefficient (Wildman–Crippen LogP) is -1.01. The molecule has 0 aromatic carbocycles. The van der Waals surface area contributed by atoms with Crippen LogP contribution < -0.4 is 16.0 Å². The lowest BCUT2D eigenvalue weighted by Gasteiger charge is -2.17. The summed E-state index contributed by atoms with van der Waals surface area (Å²) in [6.07, 6.45) is 1.31. The van der Waals surface area contributed by atoms with Crippen LogP contribution in [0.4, 0.5) is 0 Å². The number of nitrogens with one attached hydrogen (secondary N) is 3. The van der Waals surface area contributed by atoms with Crippen LogP contribution in [0.1, 0.15) is 19.8 Å². The van der Waals surface area contributed by atoms with Gasteiger partial charge < -0.3 is 16.0 Å². The van der Waals surface area contributed by atoms with Crippen molar-refractivity contribution in [3.05, 3.63) is 0 Å². The lowest BCUT2D eigenvalue weighted by atomic mass is 10.0. The van der Waals surface area contributed by atoms with Gasteiger partial charge in [-0.1, -0.05) is 0 Å². The molecule has 3 N–H and O–H groups in total. The fourth-order valence-corrected chi connectivity index (χ4v) is 2.23. The van der Waals surface area contributed by atoms with E-state index in [9.17, 15) is 9.59 Å². The van der Waals surface area contributed by atoms with Crippen molar-refractivity contribution >= 4 is 11.8 Å². The molecule has 3 atom stereocenters. The third kappa shape index (κ3) is 2.28. The summed E-state index contributed by atoms with van der Waals surface area (Å²) in [7, 11) is 0. The maximum atomic E-state index is 11.8. The summed E-state index contributed by atoms with van der Waals surface area (Å²) in [6, 6.07) is 0.230. The lowest BCUT2D eigenvalue weighted by Crippen LogP contribution is -2.42. The summed E-state index contributed by atoms with van der Waals surface area (Å²) in [6.45, 7) is 3.50. The smallest absolute Gasteiger partial charge is 0.225 e. The molecule has 2 heterocycles. The van der Waals surface area contributed by atoms with Gasteiger partial charge in [-0.05, 0) is 19.9 Å². The van der Waals surface area contributed by atoms with Crippen molar-refractivity contribution in [1.82, 2.24) is 16.0 Å². The summed E-state index contributed by atoms with van der Waals surface area (Å²) >= 11 is 0. The largest absolute Gasteiger partial charge is 0.354 e. The Morgan fingerprint density at radius 3 is 2.87 bits per heavy atom. The first kappa shape index (κ1) is 10.4. The molecule has 15 heavy (non-hydrogen) atoms. The van der Waals surface area contributed by atoms with Crippen LogP contribution in [0.2, 0.25) is 0 Å². The van der Waals surface area contributed by atoms with E-state index in [0.717, 1.165) is 13.0 Å². The second-order valence-electron chi connectivity index (χ2n) is 4.35. The number of carbonyl (C=O) groups excluding carboxylic acids is 2. The number of hydrogen-bond acceptors (Lipinski definition) is 3. The van der Waals surface area contributed by atoms with Crippen molar-refractivity contribution in [1.29, 1.82) is 0 Å². The number of amides is 2. The maximum absolute atomic E-state index is 11.8. The Labute approximate surface area is 89.0 Å². The van der Waals surface area contributed by atoms with Crippen LogP contribution in [0.3, 0.4) is 0 Å². The molecule has 0 aromatic rings. The summed E-state index contributed by atoms with van der Waals surface area (Å²) in [5.41, 5.74) is 0. The molecular weight excluding hydrogens is 194 g/mol. The first-order valence-electron chi connectivity index (χ1n) is 5.47. The summed E-state index contributed by atoms with van der Waals surface area (Å²) in [5.74, 6) is 0.160. The van der Waals surface area contributed by atoms with Gasteiger partial charge >= 0.3 is 0 Å². The van der Waals surface area contributed by atoms with E-state index in [1.807, 2.05) is 6.92 Å². The van der Waals surface area contributed by atoms with E-state index >= 15 is 0 Å². The average Bonchev–Trinajstić information content (AvgIpc) is 2.75. The zero-order valence-electron chi connectivity index (χ0n) is 8.88. The van der Waals surface area contributed by atoms with Crippen molar-refractivity contribution in [3.63, 3.8) is 0 Å². The molecule has 0 radical (unpaired) electrons. The zero-order chi connectivity index (χ0) is 10.8. The highest BCUT2D eigenvalue weighted by atomic mass is 16.2. The molecule has 0 saturated carbocycles. The van der Waals surface area contributed by atoms with Gasteiger partial charge in [-0.25, -0.2) is 0 Å². The summed E-state index contributed by atoms with van der Waals surface area (Å²) < 4.78 is 0. The van der Waals surface area contributed by atoms with Gasteiger partial charge in [0.15, 0.2) is 0 Å². The molecule has 0 spiro atoms. The molecule has 2 rings (SSSR count). The molecule has 84 valence electrons. The van der Waals surface area contributed by atoms with Crippen molar-refractivity contribution in [2.24, 2.45) is 5.92 Å². The molecule has 2 aliphatic heterocycles. The van der Waals surface area contributed by atoms with Crippen molar-refractivity contribution in [3.8, 4) is 0 Å². The van der Waals surface area contributed by atoms with E-state index in [4.69, 9.17) is 0 Å². The monoisotopic (exact) mass is 211 g/mol. The van der Waals surface area contributed by atoms with E-state index in [2.05, 4.69) is 16.0 Å². The third-order valence-electron chi connectivity index (χ3n) is 3.19. The first-order chi connectivity index (χ1) is 7.16. The molecule has 0 aromatic heterocycles. The Morgan fingerprint density at radius 1 is 1.53 bits per heavy atom. The second-order valence-corrected chi connectivity index (χ2v) is 4.35. The van der Waals surface area contributed by atoms with Gasteiger partial charge in [0.1, 0.15) is 0 Å². The van der Waals surface area contributed by atoms with E-state index in [1.54, 1.807) is 0 Å². The fourth-order valence-electron chi connectivity index (χ4n) is 2.23. The van der Waals surface area contributed by atoms with E-state index < -0.39 is 0 Å². The van der Waals surface area contributed by atoms with Gasteiger partial charge in [-0.2, -0.15) is 0 Å². The Kier molecular flexibility index (Phi) is 2.90. The van der Waals surface area contributed by atoms with Gasteiger partial charge in [0.05, 0.1) is 12.0 Å². The summed E-state index contributed by atoms with van der Waals surface area (Å²) in [5, 5.41) is 8.87. The Balaban J connectivity index is 1.84. The van der Waals surface area contributed by atoms with Crippen LogP contribution in [0.15, 0.2) is 0 Å². The molecule has 2 aliphatic rings. The topological polar surface area (TPSA) is 70.2 Å². The quantitative estimate of drug-likeness (QED) is 0.548. The average molecular weight is 211 g/mol. The minimum absolute atomic E-state index is 0.0159. The Morgan fingerprint density at radius 2 is 2.33 bits per heavy atom. The Bertz CT molecular complexity index is 280. The fraction of sp³-hybridized carbons (Fsp3) is 0.800. The van der Waals surface area contributed by atoms with Gasteiger partial charge in [0.25, 0.3) is 0 Å². The molecule has 0 aliphatic carbocycles. The third-order valence-corrected chi connectivity index (χ3v) is 3.19. The predicted molar refractivity (Wildman–Crippen MR) is 55.1 cm³/mol. The SMILES string of the molecule is CC1NCCC1C(=O)NC1CNC(=O)C1. The van der Waals surface area contributed by atoms with E-state index in [1.165, 1.54) is 0 Å². The summed E-state index contributed by atoms with van der Waals surface area (Å²) in [4.78, 5) is 22.8. The molecule has 2 saturated heterocycles. The highest BCUT2D eigenvalue weighted by molar-refractivity contribution is 5.83. The standard InChI is InChI=1S/C10H17N3O2/c1-6-8(2-3-11-6)10(15)13-7-4-9(14)12-5-7/h6-8,11H,2-5H2,1H3,(H,12,14)(H,13,15). The van der Waals surface area contributed by atoms with Crippen LogP contribution in [0.25, 0.3) is 0 Å². The van der Waals surface area contributed by atoms with Crippen LogP contribution in [-0.4, -0.2) is 37.0 Å². The highest BCUT2D eigenvalue weighted by Crippen LogP contribution is 2.15. The molecule has 5 heteroatoms. The zero-order valence-corrected chi connectivity index (χ0v) is 8.88. The van der Waals surface area contributed by atoms with E-state index in [-0.39, 0.29) is 29.8 Å². The van der Waals surface area contributed by atoms with Crippen LogP contribution >= 0.6 is 0 Å². The van der Waals surface area contributed by atoms with E-state index in [0.29, 0.717) is 13.0 Å². The molecule has 5 nitrogen and oxygen atoms in total. The number of carbonyl (C=O) groups is 2. The van der Waals surface area contributed by atoms with Crippen molar-refractivity contribution < 1.29 is 9.59 Å². The maximum Gasteiger partial charge on any atom is 0.225 e. The van der Waals surface area contributed by atoms with Crippen LogP contribution in [-0.2, 0) is 9.59 Å². The minimum Gasteiger partial charge on any atom is -0.354 e. The van der Waals surface area contributed by atoms with Crippen LogP contribution in [0.5, 0.6) is 0 Å². The van der Waals surface area contributed by atoms with Gasteiger partial charge in [-0.3, -0.25) is 9.59 Å². The second kappa shape index (κ2) is 4.18. The van der Waals surface area contributed by atoms with Crippen molar-refractivity contribution in [2.45, 2.75) is 31.8 Å². The van der Waals surface area contributed by atoms with Crippen LogP contribution in [0, 0.1) is 5.92 Å². The Hall–Kier alpha value is -1.10.